The molecule has 0 amide bonds. The Morgan fingerprint density at radius 2 is 2.19 bits per heavy atom. The van der Waals surface area contributed by atoms with Gasteiger partial charge in [-0.3, -0.25) is 4.79 Å². The maximum absolute atomic E-state index is 13.8. The van der Waals surface area contributed by atoms with Gasteiger partial charge in [-0.05, 0) is 32.3 Å². The highest BCUT2D eigenvalue weighted by molar-refractivity contribution is 6.33. The van der Waals surface area contributed by atoms with E-state index in [1.165, 1.54) is 0 Å². The van der Waals surface area contributed by atoms with E-state index in [1.54, 1.807) is 6.92 Å². The summed E-state index contributed by atoms with van der Waals surface area (Å²) in [5.74, 6) is -1.83. The quantitative estimate of drug-likeness (QED) is 0.848. The molecule has 1 aliphatic carbocycles. The summed E-state index contributed by atoms with van der Waals surface area (Å²) >= 11 is 5.87. The van der Waals surface area contributed by atoms with Crippen molar-refractivity contribution in [3.63, 3.8) is 0 Å². The number of carbonyl (C=O) groups excluding carboxylic acids is 1. The lowest BCUT2D eigenvalue weighted by molar-refractivity contribution is -0.149. The largest absolute Gasteiger partial charge is 0.466 e. The fourth-order valence-corrected chi connectivity index (χ4v) is 2.93. The minimum Gasteiger partial charge on any atom is -0.466 e. The zero-order chi connectivity index (χ0) is 15.4. The molecule has 1 aliphatic rings. The van der Waals surface area contributed by atoms with Crippen molar-refractivity contribution in [2.75, 3.05) is 11.9 Å². The molecule has 0 saturated heterocycles. The van der Waals surface area contributed by atoms with Crippen LogP contribution in [0.25, 0.3) is 0 Å². The molecule has 116 valence electrons. The van der Waals surface area contributed by atoms with Crippen LogP contribution in [0.4, 0.5) is 14.5 Å². The number of esters is 1. The minimum absolute atomic E-state index is 0.00533. The lowest BCUT2D eigenvalue weighted by Gasteiger charge is -2.29. The normalized spacial score (nSPS) is 21.9. The Morgan fingerprint density at radius 3 is 2.86 bits per heavy atom. The average molecular weight is 318 g/mol. The fraction of sp³-hybridized carbons (Fsp3) is 0.533. The molecule has 0 aromatic heterocycles. The molecule has 0 heterocycles. The van der Waals surface area contributed by atoms with Gasteiger partial charge in [0.2, 0.25) is 0 Å². The molecule has 3 nitrogen and oxygen atoms in total. The van der Waals surface area contributed by atoms with Crippen LogP contribution in [0.15, 0.2) is 12.1 Å². The molecular formula is C15H18ClF2NO2. The van der Waals surface area contributed by atoms with Gasteiger partial charge in [-0.1, -0.05) is 18.0 Å². The third-order valence-corrected chi connectivity index (χ3v) is 3.95. The number of hydrogen-bond donors (Lipinski definition) is 1. The highest BCUT2D eigenvalue weighted by Crippen LogP contribution is 2.32. The Kier molecular flexibility index (Phi) is 5.39. The van der Waals surface area contributed by atoms with Crippen molar-refractivity contribution in [2.45, 2.75) is 38.6 Å². The zero-order valence-electron chi connectivity index (χ0n) is 11.8. The molecule has 0 bridgehead atoms. The first-order valence-electron chi connectivity index (χ1n) is 7.09. The molecule has 1 N–H and O–H groups in total. The third-order valence-electron chi connectivity index (χ3n) is 3.65. The van der Waals surface area contributed by atoms with Gasteiger partial charge in [0.15, 0.2) is 5.82 Å². The topological polar surface area (TPSA) is 38.3 Å². The van der Waals surface area contributed by atoms with Crippen LogP contribution in [0.2, 0.25) is 5.02 Å². The van der Waals surface area contributed by atoms with Gasteiger partial charge in [0.25, 0.3) is 0 Å². The maximum Gasteiger partial charge on any atom is 0.308 e. The molecule has 1 aromatic rings. The number of hydrogen-bond acceptors (Lipinski definition) is 3. The van der Waals surface area contributed by atoms with Gasteiger partial charge in [0.1, 0.15) is 5.82 Å². The second-order valence-electron chi connectivity index (χ2n) is 5.20. The Labute approximate surface area is 127 Å². The van der Waals surface area contributed by atoms with E-state index < -0.39 is 11.6 Å². The van der Waals surface area contributed by atoms with E-state index in [0.717, 1.165) is 31.4 Å². The molecule has 0 aliphatic heterocycles. The average Bonchev–Trinajstić information content (AvgIpc) is 2.43. The van der Waals surface area contributed by atoms with E-state index in [0.29, 0.717) is 13.0 Å². The van der Waals surface area contributed by atoms with Crippen molar-refractivity contribution in [1.82, 2.24) is 0 Å². The summed E-state index contributed by atoms with van der Waals surface area (Å²) in [5, 5.41) is 3.00. The standard InChI is InChI=1S/C15H18ClF2NO2/c1-2-21-15(20)9-4-3-5-11(6-9)19-14-12(16)7-10(17)8-13(14)18/h7-9,11,19H,2-6H2,1H3. The first kappa shape index (κ1) is 16.0. The van der Waals surface area contributed by atoms with Crippen molar-refractivity contribution in [3.8, 4) is 0 Å². The summed E-state index contributed by atoms with van der Waals surface area (Å²) in [5.41, 5.74) is 0.0903. The molecule has 0 spiro atoms. The van der Waals surface area contributed by atoms with Crippen LogP contribution in [0, 0.1) is 17.6 Å². The molecule has 1 aromatic carbocycles. The molecule has 2 rings (SSSR count). The Balaban J connectivity index is 2.04. The predicted octanol–water partition coefficient (Wildman–Crippen LogP) is 4.15. The van der Waals surface area contributed by atoms with Crippen molar-refractivity contribution in [2.24, 2.45) is 5.92 Å². The van der Waals surface area contributed by atoms with Crippen LogP contribution >= 0.6 is 11.6 Å². The fourth-order valence-electron chi connectivity index (χ4n) is 2.68. The van der Waals surface area contributed by atoms with Gasteiger partial charge in [-0.2, -0.15) is 0 Å². The smallest absolute Gasteiger partial charge is 0.308 e. The summed E-state index contributed by atoms with van der Waals surface area (Å²) in [7, 11) is 0. The summed E-state index contributed by atoms with van der Waals surface area (Å²) in [6.45, 7) is 2.12. The van der Waals surface area contributed by atoms with Gasteiger partial charge in [-0.15, -0.1) is 0 Å². The van der Waals surface area contributed by atoms with Crippen LogP contribution in [-0.2, 0) is 9.53 Å². The number of rotatable bonds is 4. The maximum atomic E-state index is 13.8. The van der Waals surface area contributed by atoms with E-state index in [1.807, 2.05) is 0 Å². The highest BCUT2D eigenvalue weighted by atomic mass is 35.5. The Hall–Kier alpha value is -1.36. The highest BCUT2D eigenvalue weighted by Gasteiger charge is 2.29. The molecule has 1 fully saturated rings. The molecule has 0 radical (unpaired) electrons. The van der Waals surface area contributed by atoms with Crippen LogP contribution in [0.1, 0.15) is 32.6 Å². The number of benzene rings is 1. The van der Waals surface area contributed by atoms with Crippen molar-refractivity contribution in [1.29, 1.82) is 0 Å². The van der Waals surface area contributed by atoms with Crippen molar-refractivity contribution >= 4 is 23.3 Å². The van der Waals surface area contributed by atoms with Crippen LogP contribution < -0.4 is 5.32 Å². The van der Waals surface area contributed by atoms with E-state index in [4.69, 9.17) is 16.3 Å². The number of anilines is 1. The second kappa shape index (κ2) is 7.07. The van der Waals surface area contributed by atoms with E-state index in [-0.39, 0.29) is 28.6 Å². The second-order valence-corrected chi connectivity index (χ2v) is 5.61. The third kappa shape index (κ3) is 4.06. The number of nitrogens with one attached hydrogen (secondary N) is 1. The minimum atomic E-state index is -0.724. The number of ether oxygens (including phenoxy) is 1. The first-order valence-corrected chi connectivity index (χ1v) is 7.46. The molecule has 6 heteroatoms. The number of halogens is 3. The van der Waals surface area contributed by atoms with E-state index in [2.05, 4.69) is 5.32 Å². The summed E-state index contributed by atoms with van der Waals surface area (Å²) in [4.78, 5) is 11.8. The Morgan fingerprint density at radius 1 is 1.43 bits per heavy atom. The van der Waals surface area contributed by atoms with Crippen LogP contribution in [0.5, 0.6) is 0 Å². The van der Waals surface area contributed by atoms with Gasteiger partial charge in [0, 0.05) is 12.1 Å². The van der Waals surface area contributed by atoms with Gasteiger partial charge < -0.3 is 10.1 Å². The molecule has 21 heavy (non-hydrogen) atoms. The molecule has 2 unspecified atom stereocenters. The van der Waals surface area contributed by atoms with Gasteiger partial charge in [-0.25, -0.2) is 8.78 Å². The monoisotopic (exact) mass is 317 g/mol. The summed E-state index contributed by atoms with van der Waals surface area (Å²) in [6.07, 6.45) is 2.99. The van der Waals surface area contributed by atoms with Gasteiger partial charge >= 0.3 is 5.97 Å². The number of carbonyl (C=O) groups is 1. The zero-order valence-corrected chi connectivity index (χ0v) is 12.6. The first-order chi connectivity index (χ1) is 10.0. The lowest BCUT2D eigenvalue weighted by Crippen LogP contribution is -2.32. The SMILES string of the molecule is CCOC(=O)C1CCCC(Nc2c(F)cc(F)cc2Cl)C1. The van der Waals surface area contributed by atoms with Crippen LogP contribution in [-0.4, -0.2) is 18.6 Å². The summed E-state index contributed by atoms with van der Waals surface area (Å²) in [6, 6.07) is 1.78. The summed E-state index contributed by atoms with van der Waals surface area (Å²) < 4.78 is 31.8. The predicted molar refractivity (Wildman–Crippen MR) is 77.4 cm³/mol. The van der Waals surface area contributed by atoms with Crippen LogP contribution in [0.3, 0.4) is 0 Å². The van der Waals surface area contributed by atoms with E-state index in [9.17, 15) is 13.6 Å². The van der Waals surface area contributed by atoms with Crippen molar-refractivity contribution < 1.29 is 18.3 Å². The molecule has 1 saturated carbocycles. The van der Waals surface area contributed by atoms with E-state index >= 15 is 0 Å². The lowest BCUT2D eigenvalue weighted by atomic mass is 9.85. The molecular weight excluding hydrogens is 300 g/mol. The Bertz CT molecular complexity index is 501. The van der Waals surface area contributed by atoms with Crippen molar-refractivity contribution in [3.05, 3.63) is 28.8 Å². The molecule has 2 atom stereocenters. The van der Waals surface area contributed by atoms with Gasteiger partial charge in [0.05, 0.1) is 23.2 Å².